The SMILES string of the molecule is O=C(CN1C(=O)SCC2OC21)C1=CCC(Cl)C=C1. The number of thioether (sulfide) groups is 1. The van der Waals surface area contributed by atoms with Gasteiger partial charge in [0.1, 0.15) is 6.10 Å². The highest BCUT2D eigenvalue weighted by Crippen LogP contribution is 2.36. The lowest BCUT2D eigenvalue weighted by Gasteiger charge is -2.22. The van der Waals surface area contributed by atoms with Gasteiger partial charge in [0.2, 0.25) is 0 Å². The first-order valence-corrected chi connectivity index (χ1v) is 7.22. The summed E-state index contributed by atoms with van der Waals surface area (Å²) in [5.41, 5.74) is 0.632. The maximum atomic E-state index is 12.1. The third-order valence-electron chi connectivity index (χ3n) is 3.15. The maximum Gasteiger partial charge on any atom is 0.284 e. The molecule has 0 aromatic heterocycles. The molecular weight excluding hydrogens is 274 g/mol. The van der Waals surface area contributed by atoms with E-state index in [0.29, 0.717) is 17.7 Å². The van der Waals surface area contributed by atoms with Gasteiger partial charge in [-0.05, 0) is 6.42 Å². The Bertz CT molecular complexity index is 462. The number of epoxide rings is 1. The van der Waals surface area contributed by atoms with Crippen LogP contribution in [0.3, 0.4) is 0 Å². The van der Waals surface area contributed by atoms with Gasteiger partial charge in [-0.15, -0.1) is 11.6 Å². The van der Waals surface area contributed by atoms with Gasteiger partial charge in [0.05, 0.1) is 11.9 Å². The molecule has 2 heterocycles. The van der Waals surface area contributed by atoms with E-state index in [1.54, 1.807) is 12.2 Å². The average Bonchev–Trinajstić information content (AvgIpc) is 3.13. The molecule has 0 radical (unpaired) electrons. The number of hydrogen-bond acceptors (Lipinski definition) is 4. The van der Waals surface area contributed by atoms with Crippen LogP contribution in [0.2, 0.25) is 0 Å². The topological polar surface area (TPSA) is 49.9 Å². The van der Waals surface area contributed by atoms with Gasteiger partial charge in [-0.25, -0.2) is 0 Å². The molecule has 0 bridgehead atoms. The fraction of sp³-hybridized carbons (Fsp3) is 0.500. The van der Waals surface area contributed by atoms with Crippen LogP contribution in [0.4, 0.5) is 4.79 Å². The number of alkyl halides is 1. The van der Waals surface area contributed by atoms with E-state index in [0.717, 1.165) is 0 Å². The van der Waals surface area contributed by atoms with Crippen molar-refractivity contribution in [1.29, 1.82) is 0 Å². The second-order valence-corrected chi connectivity index (χ2v) is 6.00. The van der Waals surface area contributed by atoms with Crippen molar-refractivity contribution in [3.05, 3.63) is 23.8 Å². The van der Waals surface area contributed by atoms with Gasteiger partial charge in [-0.1, -0.05) is 30.0 Å². The number of halogens is 1. The Morgan fingerprint density at radius 1 is 1.61 bits per heavy atom. The minimum atomic E-state index is -0.184. The van der Waals surface area contributed by atoms with E-state index in [1.807, 2.05) is 6.08 Å². The molecule has 2 fully saturated rings. The summed E-state index contributed by atoms with van der Waals surface area (Å²) < 4.78 is 5.34. The predicted octanol–water partition coefficient (Wildman–Crippen LogP) is 1.94. The highest BCUT2D eigenvalue weighted by Gasteiger charge is 2.50. The lowest BCUT2D eigenvalue weighted by atomic mass is 10.0. The van der Waals surface area contributed by atoms with Crippen LogP contribution in [-0.4, -0.2) is 45.9 Å². The number of ether oxygens (including phenoxy) is 1. The molecule has 3 unspecified atom stereocenters. The summed E-state index contributed by atoms with van der Waals surface area (Å²) in [4.78, 5) is 25.3. The monoisotopic (exact) mass is 285 g/mol. The molecule has 6 heteroatoms. The summed E-state index contributed by atoms with van der Waals surface area (Å²) in [7, 11) is 0. The van der Waals surface area contributed by atoms with Crippen molar-refractivity contribution in [2.45, 2.75) is 24.1 Å². The van der Waals surface area contributed by atoms with Gasteiger partial charge in [-0.3, -0.25) is 14.5 Å². The Labute approximate surface area is 114 Å². The van der Waals surface area contributed by atoms with Crippen molar-refractivity contribution in [3.8, 4) is 0 Å². The Kier molecular flexibility index (Phi) is 3.21. The van der Waals surface area contributed by atoms with Crippen LogP contribution >= 0.6 is 23.4 Å². The van der Waals surface area contributed by atoms with E-state index >= 15 is 0 Å². The van der Waals surface area contributed by atoms with Crippen molar-refractivity contribution in [3.63, 3.8) is 0 Å². The molecule has 3 rings (SSSR count). The maximum absolute atomic E-state index is 12.1. The van der Waals surface area contributed by atoms with Gasteiger partial charge in [0.25, 0.3) is 5.24 Å². The highest BCUT2D eigenvalue weighted by atomic mass is 35.5. The quantitative estimate of drug-likeness (QED) is 0.587. The largest absolute Gasteiger partial charge is 0.347 e. The number of Topliss-reactive ketones (excluding diaryl/α,β-unsaturated/α-hetero) is 1. The van der Waals surface area contributed by atoms with Crippen molar-refractivity contribution < 1.29 is 14.3 Å². The van der Waals surface area contributed by atoms with E-state index in [2.05, 4.69) is 0 Å². The molecule has 3 atom stereocenters. The fourth-order valence-corrected chi connectivity index (χ4v) is 3.12. The summed E-state index contributed by atoms with van der Waals surface area (Å²) >= 11 is 7.12. The van der Waals surface area contributed by atoms with Crippen LogP contribution < -0.4 is 0 Å². The average molecular weight is 286 g/mol. The van der Waals surface area contributed by atoms with Crippen LogP contribution in [0.5, 0.6) is 0 Å². The zero-order valence-corrected chi connectivity index (χ0v) is 11.1. The second-order valence-electron chi connectivity index (χ2n) is 4.46. The number of rotatable bonds is 3. The molecule has 2 saturated heterocycles. The fourth-order valence-electron chi connectivity index (χ4n) is 2.07. The minimum Gasteiger partial charge on any atom is -0.347 e. The summed E-state index contributed by atoms with van der Waals surface area (Å²) in [5.74, 6) is 0.643. The van der Waals surface area contributed by atoms with Crippen molar-refractivity contribution >= 4 is 34.4 Å². The molecule has 0 aromatic carbocycles. The summed E-state index contributed by atoms with van der Waals surface area (Å²) in [6, 6.07) is 0. The molecule has 0 aromatic rings. The number of hydrogen-bond donors (Lipinski definition) is 0. The first-order chi connectivity index (χ1) is 8.65. The molecule has 0 saturated carbocycles. The number of ketones is 1. The number of amides is 1. The number of carbonyl (C=O) groups is 2. The standard InChI is InChI=1S/C12H12ClNO3S/c13-8-3-1-7(2-4-8)9(15)5-14-11-10(17-11)6-18-12(14)16/h1-3,8,10-11H,4-6H2. The van der Waals surface area contributed by atoms with Crippen LogP contribution in [0.25, 0.3) is 0 Å². The molecule has 18 heavy (non-hydrogen) atoms. The number of allylic oxidation sites excluding steroid dienone is 3. The first kappa shape index (κ1) is 12.3. The number of nitrogens with zero attached hydrogens (tertiary/aromatic N) is 1. The Balaban J connectivity index is 1.64. The number of fused-ring (bicyclic) bond motifs is 1. The van der Waals surface area contributed by atoms with Crippen molar-refractivity contribution in [2.24, 2.45) is 0 Å². The van der Waals surface area contributed by atoms with Crippen LogP contribution in [-0.2, 0) is 9.53 Å². The lowest BCUT2D eigenvalue weighted by Crippen LogP contribution is -2.40. The van der Waals surface area contributed by atoms with Gasteiger partial charge >= 0.3 is 0 Å². The molecule has 1 aliphatic carbocycles. The summed E-state index contributed by atoms with van der Waals surface area (Å²) in [6.45, 7) is 0.0934. The molecule has 4 nitrogen and oxygen atoms in total. The molecular formula is C12H12ClNO3S. The molecule has 2 aliphatic heterocycles. The van der Waals surface area contributed by atoms with E-state index in [1.165, 1.54) is 16.7 Å². The van der Waals surface area contributed by atoms with Crippen LogP contribution in [0, 0.1) is 0 Å². The summed E-state index contributed by atoms with van der Waals surface area (Å²) in [5, 5.41) is -0.109. The molecule has 0 N–H and O–H groups in total. The van der Waals surface area contributed by atoms with Gasteiger partial charge in [0, 0.05) is 11.3 Å². The van der Waals surface area contributed by atoms with Crippen molar-refractivity contribution in [1.82, 2.24) is 4.90 Å². The Hall–Kier alpha value is -0.780. The predicted molar refractivity (Wildman–Crippen MR) is 69.7 cm³/mol. The van der Waals surface area contributed by atoms with E-state index in [9.17, 15) is 9.59 Å². The normalized spacial score (nSPS) is 34.1. The zero-order chi connectivity index (χ0) is 12.7. The lowest BCUT2D eigenvalue weighted by molar-refractivity contribution is -0.116. The van der Waals surface area contributed by atoms with Gasteiger partial charge in [-0.2, -0.15) is 0 Å². The smallest absolute Gasteiger partial charge is 0.284 e. The molecule has 3 aliphatic rings. The van der Waals surface area contributed by atoms with Crippen LogP contribution in [0.15, 0.2) is 23.8 Å². The van der Waals surface area contributed by atoms with E-state index in [-0.39, 0.29) is 35.3 Å². The van der Waals surface area contributed by atoms with Crippen LogP contribution in [0.1, 0.15) is 6.42 Å². The van der Waals surface area contributed by atoms with Crippen molar-refractivity contribution in [2.75, 3.05) is 12.3 Å². The van der Waals surface area contributed by atoms with E-state index in [4.69, 9.17) is 16.3 Å². The zero-order valence-electron chi connectivity index (χ0n) is 9.54. The second kappa shape index (κ2) is 4.72. The third kappa shape index (κ3) is 2.35. The van der Waals surface area contributed by atoms with E-state index < -0.39 is 0 Å². The minimum absolute atomic E-state index is 0.0372. The molecule has 0 spiro atoms. The van der Waals surface area contributed by atoms with Gasteiger partial charge in [0.15, 0.2) is 12.0 Å². The summed E-state index contributed by atoms with van der Waals surface area (Å²) in [6.07, 6.45) is 5.95. The third-order valence-corrected chi connectivity index (χ3v) is 4.45. The highest BCUT2D eigenvalue weighted by molar-refractivity contribution is 8.13. The Morgan fingerprint density at radius 2 is 2.44 bits per heavy atom. The molecule has 96 valence electrons. The Morgan fingerprint density at radius 3 is 3.17 bits per heavy atom. The molecule has 1 amide bonds. The van der Waals surface area contributed by atoms with Gasteiger partial charge < -0.3 is 4.74 Å². The first-order valence-electron chi connectivity index (χ1n) is 5.79. The number of carbonyl (C=O) groups excluding carboxylic acids is 2.